The van der Waals surface area contributed by atoms with Gasteiger partial charge in [0.15, 0.2) is 5.69 Å². The maximum absolute atomic E-state index is 13.9. The van der Waals surface area contributed by atoms with E-state index in [-0.39, 0.29) is 12.2 Å². The van der Waals surface area contributed by atoms with E-state index in [4.69, 9.17) is 0 Å². The number of anilines is 1. The van der Waals surface area contributed by atoms with Crippen molar-refractivity contribution in [2.24, 2.45) is 7.05 Å². The summed E-state index contributed by atoms with van der Waals surface area (Å²) in [6, 6.07) is 10.2. The molecule has 0 fully saturated rings. The summed E-state index contributed by atoms with van der Waals surface area (Å²) in [4.78, 5) is 13.8. The first-order valence-electron chi connectivity index (χ1n) is 7.46. The number of rotatable bonds is 5. The smallest absolute Gasteiger partial charge is 0.307 e. The molecule has 0 N–H and O–H groups in total. The van der Waals surface area contributed by atoms with Crippen LogP contribution in [0.2, 0.25) is 0 Å². The Balaban J connectivity index is 1.85. The number of alkyl halides is 3. The van der Waals surface area contributed by atoms with E-state index in [1.54, 1.807) is 18.2 Å². The van der Waals surface area contributed by atoms with Crippen LogP contribution in [0.15, 0.2) is 42.5 Å². The molecular weight excluding hydrogens is 370 g/mol. The number of amides is 1. The van der Waals surface area contributed by atoms with Crippen molar-refractivity contribution >= 4 is 23.4 Å². The van der Waals surface area contributed by atoms with Crippen molar-refractivity contribution in [3.63, 3.8) is 0 Å². The van der Waals surface area contributed by atoms with Crippen molar-refractivity contribution in [1.82, 2.24) is 9.78 Å². The summed E-state index contributed by atoms with van der Waals surface area (Å²) >= 11 is 1.22. The lowest BCUT2D eigenvalue weighted by Crippen LogP contribution is -2.20. The Hall–Kier alpha value is -2.68. The summed E-state index contributed by atoms with van der Waals surface area (Å²) in [5, 5.41) is 3.49. The van der Waals surface area contributed by atoms with Gasteiger partial charge < -0.3 is 4.90 Å². The highest BCUT2D eigenvalue weighted by Gasteiger charge is 2.34. The van der Waals surface area contributed by atoms with E-state index in [9.17, 15) is 22.4 Å². The predicted octanol–water partition coefficient (Wildman–Crippen LogP) is 4.47. The average Bonchev–Trinajstić information content (AvgIpc) is 3.19. The zero-order valence-electron chi connectivity index (χ0n) is 13.5. The Kier molecular flexibility index (Phi) is 4.82. The van der Waals surface area contributed by atoms with Gasteiger partial charge in [-0.05, 0) is 30.3 Å². The number of nitrogens with zero attached hydrogens (tertiary/aromatic N) is 3. The minimum absolute atomic E-state index is 0.110. The molecule has 0 saturated carbocycles. The number of carbonyl (C=O) groups is 1. The highest BCUT2D eigenvalue weighted by Crippen LogP contribution is 2.34. The third kappa shape index (κ3) is 3.62. The molecule has 0 bridgehead atoms. The maximum Gasteiger partial charge on any atom is 0.435 e. The second-order valence-corrected chi connectivity index (χ2v) is 6.66. The summed E-state index contributed by atoms with van der Waals surface area (Å²) in [5.74, 6) is -0.530. The van der Waals surface area contributed by atoms with Gasteiger partial charge in [-0.3, -0.25) is 9.48 Å². The largest absolute Gasteiger partial charge is 0.435 e. The fraction of sp³-hybridized carbons (Fsp3) is 0.176. The van der Waals surface area contributed by atoms with Crippen LogP contribution in [0.5, 0.6) is 0 Å². The van der Waals surface area contributed by atoms with Gasteiger partial charge in [0.25, 0.3) is 0 Å². The van der Waals surface area contributed by atoms with Crippen LogP contribution in [0.4, 0.5) is 23.2 Å². The van der Waals surface area contributed by atoms with Crippen molar-refractivity contribution < 1.29 is 22.4 Å². The minimum atomic E-state index is -4.52. The minimum Gasteiger partial charge on any atom is -0.307 e. The molecule has 136 valence electrons. The molecule has 3 rings (SSSR count). The monoisotopic (exact) mass is 383 g/mol. The fourth-order valence-corrected chi connectivity index (χ4v) is 3.52. The topological polar surface area (TPSA) is 38.1 Å². The van der Waals surface area contributed by atoms with E-state index in [0.717, 1.165) is 10.7 Å². The summed E-state index contributed by atoms with van der Waals surface area (Å²) in [5.41, 5.74) is -0.514. The van der Waals surface area contributed by atoms with Crippen molar-refractivity contribution in [2.45, 2.75) is 12.7 Å². The molecule has 0 aliphatic heterocycles. The summed E-state index contributed by atoms with van der Waals surface area (Å²) in [6.45, 7) is 0.110. The third-order valence-electron chi connectivity index (χ3n) is 3.70. The molecule has 0 spiro atoms. The van der Waals surface area contributed by atoms with Crippen LogP contribution >= 0.6 is 11.3 Å². The molecule has 0 atom stereocenters. The average molecular weight is 383 g/mol. The van der Waals surface area contributed by atoms with Crippen molar-refractivity contribution in [1.29, 1.82) is 0 Å². The first kappa shape index (κ1) is 18.1. The van der Waals surface area contributed by atoms with Crippen molar-refractivity contribution in [3.8, 4) is 10.6 Å². The number of halogens is 4. The van der Waals surface area contributed by atoms with E-state index in [2.05, 4.69) is 5.10 Å². The number of hydrogen-bond donors (Lipinski definition) is 0. The molecular formula is C17H13F4N3OS. The van der Waals surface area contributed by atoms with Crippen LogP contribution in [0.3, 0.4) is 0 Å². The summed E-state index contributed by atoms with van der Waals surface area (Å²) < 4.78 is 53.4. The zero-order chi connectivity index (χ0) is 18.9. The van der Waals surface area contributed by atoms with Crippen LogP contribution in [-0.2, 0) is 24.6 Å². The number of para-hydroxylation sites is 1. The molecule has 3 aromatic rings. The van der Waals surface area contributed by atoms with Gasteiger partial charge in [-0.25, -0.2) is 4.39 Å². The standard InChI is InChI=1S/C17H13F4N3OS/c1-23-14(8-16(22-23)17(19,20)21)15-7-6-11(26-15)9-24(10-25)13-5-3-2-4-12(13)18/h2-8,10H,9H2,1H3. The molecule has 4 nitrogen and oxygen atoms in total. The molecule has 0 unspecified atom stereocenters. The van der Waals surface area contributed by atoms with Gasteiger partial charge in [0.1, 0.15) is 5.82 Å². The molecule has 2 aromatic heterocycles. The van der Waals surface area contributed by atoms with Gasteiger partial charge in [-0.15, -0.1) is 11.3 Å². The van der Waals surface area contributed by atoms with Gasteiger partial charge in [-0.1, -0.05) is 12.1 Å². The molecule has 0 aliphatic carbocycles. The normalized spacial score (nSPS) is 11.6. The van der Waals surface area contributed by atoms with Gasteiger partial charge in [0, 0.05) is 11.9 Å². The van der Waals surface area contributed by atoms with E-state index >= 15 is 0 Å². The molecule has 0 radical (unpaired) electrons. The Morgan fingerprint density at radius 2 is 1.96 bits per heavy atom. The molecule has 0 saturated heterocycles. The fourth-order valence-electron chi connectivity index (χ4n) is 2.47. The molecule has 9 heteroatoms. The quantitative estimate of drug-likeness (QED) is 0.482. The van der Waals surface area contributed by atoms with Crippen LogP contribution in [0, 0.1) is 5.82 Å². The Bertz CT molecular complexity index is 932. The molecule has 1 amide bonds. The summed E-state index contributed by atoms with van der Waals surface area (Å²) in [7, 11) is 1.43. The van der Waals surface area contributed by atoms with Gasteiger partial charge >= 0.3 is 6.18 Å². The van der Waals surface area contributed by atoms with Crippen LogP contribution in [-0.4, -0.2) is 16.2 Å². The maximum atomic E-state index is 13.9. The highest BCUT2D eigenvalue weighted by molar-refractivity contribution is 7.15. The Morgan fingerprint density at radius 3 is 2.58 bits per heavy atom. The van der Waals surface area contributed by atoms with Crippen molar-refractivity contribution in [2.75, 3.05) is 4.90 Å². The molecule has 1 aromatic carbocycles. The van der Waals surface area contributed by atoms with E-state index < -0.39 is 17.7 Å². The van der Waals surface area contributed by atoms with Crippen LogP contribution in [0.1, 0.15) is 10.6 Å². The SMILES string of the molecule is Cn1nc(C(F)(F)F)cc1-c1ccc(CN(C=O)c2ccccc2F)s1. The van der Waals surface area contributed by atoms with Crippen LogP contribution in [0.25, 0.3) is 10.6 Å². The molecule has 2 heterocycles. The molecule has 26 heavy (non-hydrogen) atoms. The first-order chi connectivity index (χ1) is 12.3. The number of thiophene rings is 1. The zero-order valence-corrected chi connectivity index (χ0v) is 14.3. The van der Waals surface area contributed by atoms with Gasteiger partial charge in [0.2, 0.25) is 6.41 Å². The lowest BCUT2D eigenvalue weighted by atomic mass is 10.2. The number of benzene rings is 1. The lowest BCUT2D eigenvalue weighted by Gasteiger charge is -2.16. The highest BCUT2D eigenvalue weighted by atomic mass is 32.1. The summed E-state index contributed by atoms with van der Waals surface area (Å²) in [6.07, 6.45) is -4.00. The van der Waals surface area contributed by atoms with Gasteiger partial charge in [0.05, 0.1) is 22.8 Å². The third-order valence-corrected chi connectivity index (χ3v) is 4.79. The van der Waals surface area contributed by atoms with E-state index in [1.165, 1.54) is 41.5 Å². The Morgan fingerprint density at radius 1 is 1.23 bits per heavy atom. The van der Waals surface area contributed by atoms with E-state index in [0.29, 0.717) is 21.9 Å². The second-order valence-electron chi connectivity index (χ2n) is 5.49. The number of carbonyl (C=O) groups excluding carboxylic acids is 1. The number of aryl methyl sites for hydroxylation is 1. The number of hydrogen-bond acceptors (Lipinski definition) is 3. The van der Waals surface area contributed by atoms with E-state index in [1.807, 2.05) is 0 Å². The lowest BCUT2D eigenvalue weighted by molar-refractivity contribution is -0.141. The first-order valence-corrected chi connectivity index (χ1v) is 8.28. The van der Waals surface area contributed by atoms with Crippen molar-refractivity contribution in [3.05, 3.63) is 58.9 Å². The predicted molar refractivity (Wildman–Crippen MR) is 90.2 cm³/mol. The van der Waals surface area contributed by atoms with Crippen LogP contribution < -0.4 is 4.90 Å². The number of aromatic nitrogens is 2. The Labute approximate surface area is 150 Å². The second kappa shape index (κ2) is 6.91. The molecule has 0 aliphatic rings. The van der Waals surface area contributed by atoms with Gasteiger partial charge in [-0.2, -0.15) is 18.3 Å².